The molecular weight excluding hydrogens is 152 g/mol. The highest BCUT2D eigenvalue weighted by Crippen LogP contribution is 2.18. The predicted octanol–water partition coefficient (Wildman–Crippen LogP) is 2.36. The highest BCUT2D eigenvalue weighted by atomic mass is 16.5. The molecule has 0 radical (unpaired) electrons. The van der Waals surface area contributed by atoms with E-state index >= 15 is 0 Å². The summed E-state index contributed by atoms with van der Waals surface area (Å²) in [6.07, 6.45) is 0.775. The third-order valence-electron chi connectivity index (χ3n) is 1.67. The molecule has 0 bridgehead atoms. The Morgan fingerprint density at radius 2 is 2.17 bits per heavy atom. The summed E-state index contributed by atoms with van der Waals surface area (Å²) < 4.78 is 4.92. The molecule has 1 aromatic rings. The number of hydrogen-bond acceptors (Lipinski definition) is 2. The molecule has 0 aliphatic carbocycles. The van der Waals surface area contributed by atoms with Crippen LogP contribution in [0.4, 0.5) is 5.69 Å². The minimum Gasteiger partial charge on any atom is -0.384 e. The van der Waals surface area contributed by atoms with Gasteiger partial charge in [-0.05, 0) is 0 Å². The van der Waals surface area contributed by atoms with E-state index in [-0.39, 0.29) is 0 Å². The van der Waals surface area contributed by atoms with E-state index in [9.17, 15) is 0 Å². The Labute approximate surface area is 71.6 Å². The molecule has 0 aliphatic heterocycles. The second-order valence-electron chi connectivity index (χ2n) is 2.47. The van der Waals surface area contributed by atoms with Crippen LogP contribution in [0.2, 0.25) is 0 Å². The van der Waals surface area contributed by atoms with Crippen molar-refractivity contribution < 1.29 is 4.74 Å². The Morgan fingerprint density at radius 1 is 1.42 bits per heavy atom. The first-order valence-corrected chi connectivity index (χ1v) is 3.80. The van der Waals surface area contributed by atoms with Gasteiger partial charge in [-0.3, -0.25) is 0 Å². The zero-order chi connectivity index (χ0) is 8.81. The van der Waals surface area contributed by atoms with Crippen molar-refractivity contribution in [2.45, 2.75) is 6.42 Å². The lowest BCUT2D eigenvalue weighted by Crippen LogP contribution is -1.93. The van der Waals surface area contributed by atoms with Crippen molar-refractivity contribution in [3.63, 3.8) is 0 Å². The molecule has 0 heterocycles. The maximum atomic E-state index is 8.60. The lowest BCUT2D eigenvalue weighted by molar-refractivity contribution is 0.202. The molecule has 3 nitrogen and oxygen atoms in total. The molecule has 0 aromatic heterocycles. The first-order chi connectivity index (χ1) is 5.88. The Kier molecular flexibility index (Phi) is 3.24. The maximum absolute atomic E-state index is 8.60. The summed E-state index contributed by atoms with van der Waals surface area (Å²) in [4.78, 5) is 3.17. The van der Waals surface area contributed by atoms with Crippen LogP contribution in [0.25, 0.3) is 4.98 Å². The molecule has 3 heteroatoms. The summed E-state index contributed by atoms with van der Waals surface area (Å²) in [5.41, 5.74) is 1.62. The van der Waals surface area contributed by atoms with E-state index in [1.165, 1.54) is 0 Å². The first-order valence-electron chi connectivity index (χ1n) is 3.80. The molecule has 0 aliphatic rings. The highest BCUT2D eigenvalue weighted by Gasteiger charge is 2.10. The van der Waals surface area contributed by atoms with Crippen LogP contribution < -0.4 is 0 Å². The van der Waals surface area contributed by atoms with E-state index in [0.717, 1.165) is 12.0 Å². The van der Waals surface area contributed by atoms with Gasteiger partial charge in [-0.25, -0.2) is 0 Å². The number of nitrogens with zero attached hydrogens (tertiary/aromatic N) is 2. The van der Waals surface area contributed by atoms with Gasteiger partial charge in [0, 0.05) is 25.2 Å². The quantitative estimate of drug-likeness (QED) is 0.641. The van der Waals surface area contributed by atoms with E-state index in [4.69, 9.17) is 10.1 Å². The number of ether oxygens (including phenoxy) is 1. The number of rotatable bonds is 3. The van der Waals surface area contributed by atoms with Crippen molar-refractivity contribution in [2.24, 2.45) is 0 Å². The van der Waals surface area contributed by atoms with Crippen LogP contribution in [-0.2, 0) is 11.2 Å². The molecule has 1 aromatic carbocycles. The fourth-order valence-corrected chi connectivity index (χ4v) is 1.03. The average Bonchev–Trinajstić information content (AvgIpc) is 2.15. The maximum Gasteiger partial charge on any atom is 0.388 e. The molecule has 0 fully saturated rings. The van der Waals surface area contributed by atoms with Gasteiger partial charge in [-0.15, -0.1) is 0 Å². The van der Waals surface area contributed by atoms with Gasteiger partial charge in [0.25, 0.3) is 0 Å². The standard InChI is InChI=1S/C9H11N2O/c1-12-7-6-8-4-2-3-5-9(8)11-10/h2-5H,6-7H2,1H3/q+1. The summed E-state index contributed by atoms with van der Waals surface area (Å²) >= 11 is 0. The lowest BCUT2D eigenvalue weighted by Gasteiger charge is -1.95. The molecule has 0 spiro atoms. The Balaban J connectivity index is 2.77. The monoisotopic (exact) mass is 163 g/mol. The SMILES string of the molecule is COCCc1ccccc1[N+]#N. The van der Waals surface area contributed by atoms with Gasteiger partial charge < -0.3 is 4.74 Å². The molecule has 1 rings (SSSR count). The zero-order valence-corrected chi connectivity index (χ0v) is 7.03. The molecule has 0 saturated heterocycles. The van der Waals surface area contributed by atoms with Gasteiger partial charge in [0.05, 0.1) is 6.61 Å². The molecular formula is C9H11N2O+. The minimum atomic E-state index is 0.620. The predicted molar refractivity (Wildman–Crippen MR) is 46.8 cm³/mol. The Bertz CT molecular complexity index is 291. The van der Waals surface area contributed by atoms with Crippen LogP contribution in [0.1, 0.15) is 5.56 Å². The van der Waals surface area contributed by atoms with E-state index in [1.807, 2.05) is 18.2 Å². The summed E-state index contributed by atoms with van der Waals surface area (Å²) in [5.74, 6) is 0. The van der Waals surface area contributed by atoms with Crippen LogP contribution in [-0.4, -0.2) is 13.7 Å². The molecule has 0 amide bonds. The molecule has 0 atom stereocenters. The van der Waals surface area contributed by atoms with Crippen molar-refractivity contribution in [1.29, 1.82) is 5.39 Å². The van der Waals surface area contributed by atoms with Gasteiger partial charge in [-0.2, -0.15) is 0 Å². The van der Waals surface area contributed by atoms with E-state index < -0.39 is 0 Å². The molecule has 0 unspecified atom stereocenters. The average molecular weight is 163 g/mol. The summed E-state index contributed by atoms with van der Waals surface area (Å²) in [5, 5.41) is 8.60. The van der Waals surface area contributed by atoms with Gasteiger partial charge in [0.15, 0.2) is 4.98 Å². The molecule has 62 valence electrons. The number of methoxy groups -OCH3 is 1. The van der Waals surface area contributed by atoms with Crippen molar-refractivity contribution in [1.82, 2.24) is 0 Å². The lowest BCUT2D eigenvalue weighted by atomic mass is 10.1. The van der Waals surface area contributed by atoms with Crippen molar-refractivity contribution in [3.05, 3.63) is 34.8 Å². The van der Waals surface area contributed by atoms with Crippen molar-refractivity contribution in [3.8, 4) is 0 Å². The van der Waals surface area contributed by atoms with Gasteiger partial charge in [0.2, 0.25) is 5.39 Å². The van der Waals surface area contributed by atoms with Crippen LogP contribution in [0.5, 0.6) is 0 Å². The third-order valence-corrected chi connectivity index (χ3v) is 1.67. The smallest absolute Gasteiger partial charge is 0.384 e. The van der Waals surface area contributed by atoms with E-state index in [2.05, 4.69) is 4.98 Å². The van der Waals surface area contributed by atoms with E-state index in [1.54, 1.807) is 13.2 Å². The number of diazo groups is 1. The van der Waals surface area contributed by atoms with Crippen LogP contribution >= 0.6 is 0 Å². The molecule has 0 N–H and O–H groups in total. The summed E-state index contributed by atoms with van der Waals surface area (Å²) in [6.45, 7) is 0.645. The largest absolute Gasteiger partial charge is 0.388 e. The van der Waals surface area contributed by atoms with Crippen LogP contribution in [0, 0.1) is 5.39 Å². The number of hydrogen-bond donors (Lipinski definition) is 0. The van der Waals surface area contributed by atoms with Crippen molar-refractivity contribution >= 4 is 5.69 Å². The first kappa shape index (κ1) is 8.69. The van der Waals surface area contributed by atoms with Gasteiger partial charge >= 0.3 is 5.69 Å². The fourth-order valence-electron chi connectivity index (χ4n) is 1.03. The minimum absolute atomic E-state index is 0.620. The topological polar surface area (TPSA) is 37.4 Å². The van der Waals surface area contributed by atoms with Gasteiger partial charge in [0.1, 0.15) is 0 Å². The Hall–Kier alpha value is -1.40. The summed E-state index contributed by atoms with van der Waals surface area (Å²) in [7, 11) is 1.65. The molecule has 0 saturated carbocycles. The highest BCUT2D eigenvalue weighted by molar-refractivity contribution is 5.51. The second-order valence-corrected chi connectivity index (χ2v) is 2.47. The summed E-state index contributed by atoms with van der Waals surface area (Å²) in [6, 6.07) is 7.45. The van der Waals surface area contributed by atoms with Crippen LogP contribution in [0.15, 0.2) is 24.3 Å². The zero-order valence-electron chi connectivity index (χ0n) is 7.03. The normalized spacial score (nSPS) is 9.33. The van der Waals surface area contributed by atoms with Gasteiger partial charge in [-0.1, -0.05) is 18.2 Å². The third kappa shape index (κ3) is 2.04. The Morgan fingerprint density at radius 3 is 2.83 bits per heavy atom. The van der Waals surface area contributed by atoms with Crippen LogP contribution in [0.3, 0.4) is 0 Å². The molecule has 12 heavy (non-hydrogen) atoms. The number of benzene rings is 1. The fraction of sp³-hybridized carbons (Fsp3) is 0.333. The van der Waals surface area contributed by atoms with Crippen molar-refractivity contribution in [2.75, 3.05) is 13.7 Å². The van der Waals surface area contributed by atoms with E-state index in [0.29, 0.717) is 12.3 Å². The second kappa shape index (κ2) is 4.47.